The Morgan fingerprint density at radius 1 is 0.622 bits per heavy atom. The number of ether oxygens (including phenoxy) is 2. The lowest BCUT2D eigenvalue weighted by molar-refractivity contribution is 0.0734. The van der Waals surface area contributed by atoms with E-state index < -0.39 is 5.97 Å². The second-order valence-electron chi connectivity index (χ2n) is 11.8. The van der Waals surface area contributed by atoms with E-state index >= 15 is 0 Å². The third kappa shape index (κ3) is 10.6. The van der Waals surface area contributed by atoms with Gasteiger partial charge in [0.2, 0.25) is 0 Å². The van der Waals surface area contributed by atoms with Gasteiger partial charge in [-0.05, 0) is 83.5 Å². The number of rotatable bonds is 18. The number of nitrogens with zero attached hydrogens (tertiary/aromatic N) is 1. The van der Waals surface area contributed by atoms with Gasteiger partial charge in [0.25, 0.3) is 0 Å². The van der Waals surface area contributed by atoms with E-state index in [1.165, 1.54) is 69.8 Å². The molecular weight excluding hydrogens is 554 g/mol. The second-order valence-corrected chi connectivity index (χ2v) is 11.8. The first-order valence-corrected chi connectivity index (χ1v) is 16.8. The van der Waals surface area contributed by atoms with Gasteiger partial charge < -0.3 is 9.47 Å². The van der Waals surface area contributed by atoms with Crippen molar-refractivity contribution in [1.82, 2.24) is 0 Å². The predicted molar refractivity (Wildman–Crippen MR) is 185 cm³/mol. The molecule has 0 bridgehead atoms. The van der Waals surface area contributed by atoms with Crippen LogP contribution in [0.4, 0.5) is 0 Å². The van der Waals surface area contributed by atoms with Crippen LogP contribution in [0.2, 0.25) is 0 Å². The number of hydrogen-bond donors (Lipinski definition) is 0. The highest BCUT2D eigenvalue weighted by Crippen LogP contribution is 2.28. The summed E-state index contributed by atoms with van der Waals surface area (Å²) in [5.41, 5.74) is 5.98. The highest BCUT2D eigenvalue weighted by Gasteiger charge is 2.14. The van der Waals surface area contributed by atoms with Crippen molar-refractivity contribution in [1.29, 1.82) is 5.26 Å². The molecule has 0 aliphatic rings. The Morgan fingerprint density at radius 2 is 1.18 bits per heavy atom. The van der Waals surface area contributed by atoms with E-state index in [2.05, 4.69) is 44.2 Å². The van der Waals surface area contributed by atoms with Gasteiger partial charge in [-0.25, -0.2) is 4.79 Å². The molecule has 4 nitrogen and oxygen atoms in total. The summed E-state index contributed by atoms with van der Waals surface area (Å²) in [4.78, 5) is 13.0. The zero-order valence-corrected chi connectivity index (χ0v) is 27.0. The molecule has 0 saturated carbocycles. The van der Waals surface area contributed by atoms with Crippen molar-refractivity contribution in [3.8, 4) is 39.8 Å². The summed E-state index contributed by atoms with van der Waals surface area (Å²) in [7, 11) is 0. The summed E-state index contributed by atoms with van der Waals surface area (Å²) in [6.45, 7) is 5.20. The summed E-state index contributed by atoms with van der Waals surface area (Å²) < 4.78 is 11.5. The van der Waals surface area contributed by atoms with Gasteiger partial charge >= 0.3 is 5.97 Å². The van der Waals surface area contributed by atoms with Gasteiger partial charge in [-0.2, -0.15) is 5.26 Å². The number of unbranched alkanes of at least 4 members (excludes halogenated alkanes) is 9. The van der Waals surface area contributed by atoms with E-state index in [1.54, 1.807) is 24.3 Å². The van der Waals surface area contributed by atoms with Gasteiger partial charge in [0, 0.05) is 0 Å². The Morgan fingerprint density at radius 3 is 1.80 bits per heavy atom. The van der Waals surface area contributed by atoms with Crippen LogP contribution in [-0.4, -0.2) is 12.6 Å². The maximum absolute atomic E-state index is 13.0. The molecule has 0 unspecified atom stereocenters. The van der Waals surface area contributed by atoms with Gasteiger partial charge in [-0.15, -0.1) is 0 Å². The van der Waals surface area contributed by atoms with E-state index in [0.717, 1.165) is 47.5 Å². The molecule has 45 heavy (non-hydrogen) atoms. The third-order valence-electron chi connectivity index (χ3n) is 8.23. The van der Waals surface area contributed by atoms with E-state index in [-0.39, 0.29) is 0 Å². The molecule has 0 atom stereocenters. The second kappa shape index (κ2) is 18.4. The lowest BCUT2D eigenvalue weighted by Gasteiger charge is -2.10. The van der Waals surface area contributed by atoms with Gasteiger partial charge in [0.15, 0.2) is 0 Å². The van der Waals surface area contributed by atoms with Gasteiger partial charge in [0.05, 0.1) is 23.8 Å². The van der Waals surface area contributed by atoms with Crippen molar-refractivity contribution >= 4 is 5.97 Å². The fourth-order valence-corrected chi connectivity index (χ4v) is 5.50. The molecule has 4 rings (SSSR count). The highest BCUT2D eigenvalue weighted by molar-refractivity contribution is 5.92. The van der Waals surface area contributed by atoms with Gasteiger partial charge in [0.1, 0.15) is 11.5 Å². The molecule has 0 fully saturated rings. The zero-order valence-electron chi connectivity index (χ0n) is 27.0. The molecule has 0 aliphatic carbocycles. The Labute approximate surface area is 270 Å². The number of benzene rings is 4. The number of hydrogen-bond acceptors (Lipinski definition) is 4. The molecule has 0 heterocycles. The Hall–Kier alpha value is -4.36. The molecule has 0 aliphatic heterocycles. The summed E-state index contributed by atoms with van der Waals surface area (Å²) >= 11 is 0. The number of nitriles is 1. The van der Waals surface area contributed by atoms with E-state index in [1.807, 2.05) is 42.5 Å². The van der Waals surface area contributed by atoms with Crippen LogP contribution in [-0.2, 0) is 6.42 Å². The molecule has 4 aromatic carbocycles. The van der Waals surface area contributed by atoms with Crippen molar-refractivity contribution in [2.45, 2.75) is 90.9 Å². The van der Waals surface area contributed by atoms with E-state index in [4.69, 9.17) is 9.47 Å². The van der Waals surface area contributed by atoms with Crippen LogP contribution < -0.4 is 9.47 Å². The molecule has 0 N–H and O–H groups in total. The molecule has 0 saturated heterocycles. The minimum atomic E-state index is -0.490. The van der Waals surface area contributed by atoms with Crippen LogP contribution in [0.25, 0.3) is 22.3 Å². The highest BCUT2D eigenvalue weighted by atomic mass is 16.5. The smallest absolute Gasteiger partial charge is 0.343 e. The van der Waals surface area contributed by atoms with Crippen LogP contribution in [0.5, 0.6) is 11.5 Å². The van der Waals surface area contributed by atoms with Crippen molar-refractivity contribution in [3.63, 3.8) is 0 Å². The quantitative estimate of drug-likeness (QED) is 0.0646. The van der Waals surface area contributed by atoms with Crippen molar-refractivity contribution in [2.24, 2.45) is 0 Å². The SMILES string of the molecule is CCCCCCCCCc1ccc(-c2ccc(C(=O)Oc3ccc(-c4ccc(OCCCCCC)cc4)cc3)cc2C#N)cc1. The maximum Gasteiger partial charge on any atom is 0.343 e. The zero-order chi connectivity index (χ0) is 31.7. The first-order chi connectivity index (χ1) is 22.1. The standard InChI is InChI=1S/C41H47NO3/c1-3-5-7-9-10-11-12-14-32-15-17-35(18-16-32)40-28-23-36(30-37(40)31-42)41(43)45-39-26-21-34(22-27-39)33-19-24-38(25-20-33)44-29-13-8-6-4-2/h15-28,30H,3-14,29H2,1-2H3. The topological polar surface area (TPSA) is 59.3 Å². The normalized spacial score (nSPS) is 10.8. The average molecular weight is 602 g/mol. The Bertz CT molecular complexity index is 1500. The maximum atomic E-state index is 13.0. The van der Waals surface area contributed by atoms with Crippen molar-refractivity contribution in [2.75, 3.05) is 6.61 Å². The summed E-state index contributed by atoms with van der Waals surface area (Å²) in [6, 6.07) is 31.4. The fourth-order valence-electron chi connectivity index (χ4n) is 5.50. The molecular formula is C41H47NO3. The minimum Gasteiger partial charge on any atom is -0.494 e. The molecule has 0 aromatic heterocycles. The summed E-state index contributed by atoms with van der Waals surface area (Å²) in [5, 5.41) is 9.87. The molecule has 4 heteroatoms. The largest absolute Gasteiger partial charge is 0.494 e. The van der Waals surface area contributed by atoms with Crippen molar-refractivity contribution < 1.29 is 14.3 Å². The van der Waals surface area contributed by atoms with E-state index in [0.29, 0.717) is 16.9 Å². The molecule has 0 amide bonds. The molecule has 234 valence electrons. The first kappa shape index (κ1) is 33.5. The number of aryl methyl sites for hydroxylation is 1. The molecule has 0 radical (unpaired) electrons. The summed E-state index contributed by atoms with van der Waals surface area (Å²) in [6.07, 6.45) is 14.9. The van der Waals surface area contributed by atoms with Crippen LogP contribution in [0.15, 0.2) is 91.0 Å². The Kier molecular flexibility index (Phi) is 13.7. The summed E-state index contributed by atoms with van der Waals surface area (Å²) in [5.74, 6) is 0.838. The number of esters is 1. The lowest BCUT2D eigenvalue weighted by Crippen LogP contribution is -2.09. The van der Waals surface area contributed by atoms with E-state index in [9.17, 15) is 10.1 Å². The minimum absolute atomic E-state index is 0.347. The van der Waals surface area contributed by atoms with Crippen LogP contribution in [0.3, 0.4) is 0 Å². The lowest BCUT2D eigenvalue weighted by atomic mass is 9.96. The molecule has 4 aromatic rings. The van der Waals surface area contributed by atoms with Crippen molar-refractivity contribution in [3.05, 3.63) is 108 Å². The number of carbonyl (C=O) groups is 1. The third-order valence-corrected chi connectivity index (χ3v) is 8.23. The van der Waals surface area contributed by atoms with Crippen LogP contribution in [0.1, 0.15) is 106 Å². The van der Waals surface area contributed by atoms with Gasteiger partial charge in [-0.1, -0.05) is 126 Å². The monoisotopic (exact) mass is 601 g/mol. The Balaban J connectivity index is 1.30. The van der Waals surface area contributed by atoms with Gasteiger partial charge in [-0.3, -0.25) is 0 Å². The predicted octanol–water partition coefficient (Wildman–Crippen LogP) is 11.4. The van der Waals surface area contributed by atoms with Crippen LogP contribution >= 0.6 is 0 Å². The first-order valence-electron chi connectivity index (χ1n) is 16.8. The fraction of sp³-hybridized carbons (Fsp3) is 0.366. The average Bonchev–Trinajstić information content (AvgIpc) is 3.08. The molecule has 0 spiro atoms. The van der Waals surface area contributed by atoms with Crippen LogP contribution in [0, 0.1) is 11.3 Å². The number of carbonyl (C=O) groups excluding carboxylic acids is 1.